The minimum absolute atomic E-state index is 0.0506. The molecule has 0 aromatic heterocycles. The molecule has 0 saturated carbocycles. The van der Waals surface area contributed by atoms with Crippen molar-refractivity contribution >= 4 is 29.1 Å². The quantitative estimate of drug-likeness (QED) is 0.832. The first kappa shape index (κ1) is 19.8. The molecule has 2 amide bonds. The van der Waals surface area contributed by atoms with Gasteiger partial charge in [-0.2, -0.15) is 0 Å². The van der Waals surface area contributed by atoms with Crippen LogP contribution in [0.5, 0.6) is 5.75 Å². The highest BCUT2D eigenvalue weighted by atomic mass is 35.5. The zero-order valence-electron chi connectivity index (χ0n) is 15.4. The van der Waals surface area contributed by atoms with Crippen LogP contribution in [0.15, 0.2) is 36.4 Å². The van der Waals surface area contributed by atoms with E-state index < -0.39 is 0 Å². The van der Waals surface area contributed by atoms with Gasteiger partial charge in [-0.05, 0) is 48.7 Å². The predicted octanol–water partition coefficient (Wildman–Crippen LogP) is 3.95. The van der Waals surface area contributed by atoms with Crippen molar-refractivity contribution < 1.29 is 14.3 Å². The summed E-state index contributed by atoms with van der Waals surface area (Å²) < 4.78 is 5.13. The second kappa shape index (κ2) is 8.72. The SMILES string of the molecule is COc1ccc(CN(CC(=O)Nc2c(C)cc(C)cc2Cl)C(C)=O)cc1. The molecule has 2 aromatic carbocycles. The summed E-state index contributed by atoms with van der Waals surface area (Å²) in [7, 11) is 1.60. The van der Waals surface area contributed by atoms with E-state index >= 15 is 0 Å². The maximum absolute atomic E-state index is 12.4. The van der Waals surface area contributed by atoms with E-state index in [1.165, 1.54) is 11.8 Å². The summed E-state index contributed by atoms with van der Waals surface area (Å²) in [6.07, 6.45) is 0. The van der Waals surface area contributed by atoms with Gasteiger partial charge in [-0.25, -0.2) is 0 Å². The lowest BCUT2D eigenvalue weighted by atomic mass is 10.1. The van der Waals surface area contributed by atoms with Gasteiger partial charge in [0.15, 0.2) is 0 Å². The van der Waals surface area contributed by atoms with Crippen molar-refractivity contribution in [3.63, 3.8) is 0 Å². The third kappa shape index (κ3) is 5.23. The predicted molar refractivity (Wildman–Crippen MR) is 104 cm³/mol. The van der Waals surface area contributed by atoms with Crippen molar-refractivity contribution in [1.29, 1.82) is 0 Å². The Labute approximate surface area is 158 Å². The average Bonchev–Trinajstić information content (AvgIpc) is 2.58. The van der Waals surface area contributed by atoms with E-state index in [1.807, 2.05) is 44.2 Å². The van der Waals surface area contributed by atoms with E-state index in [0.29, 0.717) is 17.3 Å². The van der Waals surface area contributed by atoms with E-state index in [4.69, 9.17) is 16.3 Å². The van der Waals surface area contributed by atoms with Crippen LogP contribution >= 0.6 is 11.6 Å². The number of anilines is 1. The highest BCUT2D eigenvalue weighted by Gasteiger charge is 2.16. The van der Waals surface area contributed by atoms with Crippen LogP contribution in [0.4, 0.5) is 5.69 Å². The molecule has 0 aliphatic rings. The van der Waals surface area contributed by atoms with Gasteiger partial charge in [0.05, 0.1) is 17.8 Å². The molecule has 0 heterocycles. The molecule has 26 heavy (non-hydrogen) atoms. The summed E-state index contributed by atoms with van der Waals surface area (Å²) in [5.41, 5.74) is 3.40. The molecule has 0 unspecified atom stereocenters. The molecule has 0 atom stereocenters. The third-order valence-electron chi connectivity index (χ3n) is 4.01. The van der Waals surface area contributed by atoms with Crippen LogP contribution in [0.25, 0.3) is 0 Å². The van der Waals surface area contributed by atoms with Crippen molar-refractivity contribution in [3.8, 4) is 5.75 Å². The van der Waals surface area contributed by atoms with Crippen LogP contribution < -0.4 is 10.1 Å². The lowest BCUT2D eigenvalue weighted by molar-refractivity contribution is -0.133. The summed E-state index contributed by atoms with van der Waals surface area (Å²) in [5.74, 6) is 0.274. The number of hydrogen-bond acceptors (Lipinski definition) is 3. The molecule has 0 saturated heterocycles. The number of aryl methyl sites for hydroxylation is 2. The minimum Gasteiger partial charge on any atom is -0.497 e. The van der Waals surface area contributed by atoms with Gasteiger partial charge in [-0.1, -0.05) is 29.8 Å². The summed E-state index contributed by atoms with van der Waals surface area (Å²) in [5, 5.41) is 3.30. The number of nitrogens with zero attached hydrogens (tertiary/aromatic N) is 1. The fourth-order valence-electron chi connectivity index (χ4n) is 2.66. The normalized spacial score (nSPS) is 10.3. The Morgan fingerprint density at radius 1 is 1.15 bits per heavy atom. The van der Waals surface area contributed by atoms with Gasteiger partial charge in [-0.3, -0.25) is 9.59 Å². The lowest BCUT2D eigenvalue weighted by Crippen LogP contribution is -2.36. The van der Waals surface area contributed by atoms with Crippen molar-refractivity contribution in [2.24, 2.45) is 0 Å². The average molecular weight is 375 g/mol. The molecule has 2 rings (SSSR count). The molecule has 2 aromatic rings. The topological polar surface area (TPSA) is 58.6 Å². The van der Waals surface area contributed by atoms with Gasteiger partial charge in [0.1, 0.15) is 12.3 Å². The molecule has 0 aliphatic heterocycles. The summed E-state index contributed by atoms with van der Waals surface area (Å²) in [6, 6.07) is 11.1. The zero-order chi connectivity index (χ0) is 19.3. The van der Waals surface area contributed by atoms with E-state index in [-0.39, 0.29) is 18.4 Å². The minimum atomic E-state index is -0.289. The molecule has 6 heteroatoms. The van der Waals surface area contributed by atoms with Crippen molar-refractivity contribution in [2.75, 3.05) is 19.0 Å². The summed E-state index contributed by atoms with van der Waals surface area (Å²) in [6.45, 7) is 5.56. The number of hydrogen-bond donors (Lipinski definition) is 1. The Balaban J connectivity index is 2.07. The summed E-state index contributed by atoms with van der Waals surface area (Å²) >= 11 is 6.23. The molecule has 0 aliphatic carbocycles. The second-order valence-corrected chi connectivity index (χ2v) is 6.62. The number of halogens is 1. The highest BCUT2D eigenvalue weighted by Crippen LogP contribution is 2.27. The van der Waals surface area contributed by atoms with E-state index in [9.17, 15) is 9.59 Å². The molecule has 0 spiro atoms. The van der Waals surface area contributed by atoms with Crippen molar-refractivity contribution in [3.05, 3.63) is 58.1 Å². The van der Waals surface area contributed by atoms with E-state index in [0.717, 1.165) is 22.4 Å². The molecular formula is C20H23ClN2O3. The van der Waals surface area contributed by atoms with Gasteiger partial charge in [0.25, 0.3) is 0 Å². The number of carbonyl (C=O) groups is 2. The number of rotatable bonds is 6. The summed E-state index contributed by atoms with van der Waals surface area (Å²) in [4.78, 5) is 25.8. The number of methoxy groups -OCH3 is 1. The largest absolute Gasteiger partial charge is 0.497 e. The first-order valence-electron chi connectivity index (χ1n) is 8.25. The molecule has 0 fully saturated rings. The lowest BCUT2D eigenvalue weighted by Gasteiger charge is -2.21. The van der Waals surface area contributed by atoms with Gasteiger partial charge in [0.2, 0.25) is 11.8 Å². The van der Waals surface area contributed by atoms with Crippen LogP contribution in [-0.2, 0) is 16.1 Å². The third-order valence-corrected chi connectivity index (χ3v) is 4.31. The van der Waals surface area contributed by atoms with Crippen LogP contribution in [0.1, 0.15) is 23.6 Å². The van der Waals surface area contributed by atoms with Gasteiger partial charge in [0, 0.05) is 13.5 Å². The molecular weight excluding hydrogens is 352 g/mol. The fraction of sp³-hybridized carbons (Fsp3) is 0.300. The second-order valence-electron chi connectivity index (χ2n) is 6.21. The van der Waals surface area contributed by atoms with E-state index in [1.54, 1.807) is 13.2 Å². The Morgan fingerprint density at radius 3 is 2.35 bits per heavy atom. The Kier molecular flexibility index (Phi) is 6.64. The van der Waals surface area contributed by atoms with Crippen LogP contribution in [0, 0.1) is 13.8 Å². The maximum atomic E-state index is 12.4. The van der Waals surface area contributed by atoms with Crippen LogP contribution in [0.2, 0.25) is 5.02 Å². The van der Waals surface area contributed by atoms with Gasteiger partial charge in [-0.15, -0.1) is 0 Å². The Morgan fingerprint density at radius 2 is 1.81 bits per heavy atom. The highest BCUT2D eigenvalue weighted by molar-refractivity contribution is 6.34. The number of nitrogens with one attached hydrogen (secondary N) is 1. The standard InChI is InChI=1S/C20H23ClN2O3/c1-13-9-14(2)20(18(21)10-13)22-19(25)12-23(15(3)24)11-16-5-7-17(26-4)8-6-16/h5-10H,11-12H2,1-4H3,(H,22,25). The van der Waals surface area contributed by atoms with Crippen molar-refractivity contribution in [1.82, 2.24) is 4.90 Å². The van der Waals surface area contributed by atoms with E-state index in [2.05, 4.69) is 5.32 Å². The molecule has 5 nitrogen and oxygen atoms in total. The molecule has 138 valence electrons. The van der Waals surface area contributed by atoms with Crippen molar-refractivity contribution in [2.45, 2.75) is 27.3 Å². The smallest absolute Gasteiger partial charge is 0.244 e. The Hall–Kier alpha value is -2.53. The Bertz CT molecular complexity index is 780. The number of ether oxygens (including phenoxy) is 1. The zero-order valence-corrected chi connectivity index (χ0v) is 16.2. The van der Waals surface area contributed by atoms with Crippen LogP contribution in [-0.4, -0.2) is 30.4 Å². The van der Waals surface area contributed by atoms with Gasteiger partial charge < -0.3 is 15.0 Å². The first-order valence-corrected chi connectivity index (χ1v) is 8.63. The number of benzene rings is 2. The van der Waals surface area contributed by atoms with Gasteiger partial charge >= 0.3 is 0 Å². The number of amides is 2. The molecule has 0 radical (unpaired) electrons. The molecule has 0 bridgehead atoms. The number of carbonyl (C=O) groups excluding carboxylic acids is 2. The monoisotopic (exact) mass is 374 g/mol. The first-order chi connectivity index (χ1) is 12.3. The molecule has 1 N–H and O–H groups in total. The maximum Gasteiger partial charge on any atom is 0.244 e. The van der Waals surface area contributed by atoms with Crippen LogP contribution in [0.3, 0.4) is 0 Å². The fourth-order valence-corrected chi connectivity index (χ4v) is 3.02.